The second-order valence-corrected chi connectivity index (χ2v) is 7.98. The largest absolute Gasteiger partial charge is 0.496 e. The molecule has 1 amide bonds. The summed E-state index contributed by atoms with van der Waals surface area (Å²) < 4.78 is 66.5. The molecule has 192 valence electrons. The van der Waals surface area contributed by atoms with Gasteiger partial charge in [0.05, 0.1) is 24.8 Å². The van der Waals surface area contributed by atoms with Crippen LogP contribution >= 0.6 is 11.6 Å². The molecule has 0 unspecified atom stereocenters. The Morgan fingerprint density at radius 3 is 2.33 bits per heavy atom. The normalized spacial score (nSPS) is 17.9. The molecule has 9 nitrogen and oxygen atoms in total. The van der Waals surface area contributed by atoms with Gasteiger partial charge in [0.25, 0.3) is 5.91 Å². The summed E-state index contributed by atoms with van der Waals surface area (Å²) in [6.45, 7) is -1.20. The number of hydrogen-bond donors (Lipinski definition) is 2. The van der Waals surface area contributed by atoms with Gasteiger partial charge in [-0.15, -0.1) is 0 Å². The van der Waals surface area contributed by atoms with Crippen LogP contribution < -0.4 is 9.64 Å². The van der Waals surface area contributed by atoms with E-state index in [2.05, 4.69) is 0 Å². The lowest BCUT2D eigenvalue weighted by molar-refractivity contribution is -0.162. The lowest BCUT2D eigenvalue weighted by atomic mass is 9.88. The Labute approximate surface area is 204 Å². The van der Waals surface area contributed by atoms with Crippen molar-refractivity contribution in [1.29, 1.82) is 0 Å². The number of rotatable bonds is 8. The molecule has 1 heterocycles. The minimum absolute atomic E-state index is 0.0214. The van der Waals surface area contributed by atoms with Gasteiger partial charge in [-0.05, 0) is 30.3 Å². The molecule has 0 saturated carbocycles. The zero-order valence-corrected chi connectivity index (χ0v) is 18.9. The molecule has 0 saturated heterocycles. The van der Waals surface area contributed by atoms with E-state index >= 15 is 4.39 Å². The number of amides is 1. The molecule has 1 aliphatic heterocycles. The summed E-state index contributed by atoms with van der Waals surface area (Å²) in [6, 6.07) is 5.37. The zero-order chi connectivity index (χ0) is 27.0. The van der Waals surface area contributed by atoms with Gasteiger partial charge in [-0.3, -0.25) is 24.1 Å². The molecule has 2 N–H and O–H groups in total. The molecular formula is C22H16ClF4NO8. The number of alkyl halides is 4. The third-order valence-corrected chi connectivity index (χ3v) is 5.59. The van der Waals surface area contributed by atoms with Crippen LogP contribution in [0.15, 0.2) is 36.4 Å². The summed E-state index contributed by atoms with van der Waals surface area (Å²) in [6.07, 6.45) is -6.05. The van der Waals surface area contributed by atoms with Crippen LogP contribution in [0.4, 0.5) is 23.2 Å². The van der Waals surface area contributed by atoms with Gasteiger partial charge in [0, 0.05) is 16.1 Å². The highest BCUT2D eigenvalue weighted by Crippen LogP contribution is 2.51. The van der Waals surface area contributed by atoms with E-state index in [0.717, 1.165) is 19.2 Å². The van der Waals surface area contributed by atoms with Crippen molar-refractivity contribution >= 4 is 41.1 Å². The number of carbonyl (C=O) groups excluding carboxylic acids is 2. The molecule has 0 aliphatic carbocycles. The number of benzene rings is 2. The molecule has 1 aliphatic rings. The van der Waals surface area contributed by atoms with Crippen molar-refractivity contribution in [3.63, 3.8) is 0 Å². The van der Waals surface area contributed by atoms with Gasteiger partial charge < -0.3 is 19.7 Å². The molecule has 2 atom stereocenters. The first-order valence-corrected chi connectivity index (χ1v) is 10.3. The maximum Gasteiger partial charge on any atom is 0.416 e. The van der Waals surface area contributed by atoms with Crippen LogP contribution in [-0.2, 0) is 35.8 Å². The zero-order valence-electron chi connectivity index (χ0n) is 18.1. The number of nitrogens with zero attached hydrogens (tertiary/aromatic N) is 1. The fraction of sp³-hybridized carbons (Fsp3) is 0.273. The average Bonchev–Trinajstić information content (AvgIpc) is 3.01. The summed E-state index contributed by atoms with van der Waals surface area (Å²) in [5.41, 5.74) is -5.97. The average molecular weight is 534 g/mol. The van der Waals surface area contributed by atoms with Crippen molar-refractivity contribution in [3.05, 3.63) is 58.1 Å². The number of carbonyl (C=O) groups is 4. The van der Waals surface area contributed by atoms with Crippen molar-refractivity contribution in [2.75, 3.05) is 18.7 Å². The molecule has 0 bridgehead atoms. The predicted molar refractivity (Wildman–Crippen MR) is 113 cm³/mol. The number of halogens is 5. The smallest absolute Gasteiger partial charge is 0.416 e. The Morgan fingerprint density at radius 1 is 1.11 bits per heavy atom. The third kappa shape index (κ3) is 4.78. The number of methoxy groups -OCH3 is 1. The van der Waals surface area contributed by atoms with Gasteiger partial charge in [0.2, 0.25) is 5.67 Å². The van der Waals surface area contributed by atoms with Crippen LogP contribution in [-0.4, -0.2) is 47.9 Å². The van der Waals surface area contributed by atoms with Gasteiger partial charge in [-0.1, -0.05) is 17.7 Å². The molecule has 0 spiro atoms. The Hall–Kier alpha value is -3.87. The fourth-order valence-corrected chi connectivity index (χ4v) is 3.82. The van der Waals surface area contributed by atoms with Crippen molar-refractivity contribution in [3.8, 4) is 5.75 Å². The first-order chi connectivity index (χ1) is 16.7. The highest BCUT2D eigenvalue weighted by Gasteiger charge is 2.55. The first kappa shape index (κ1) is 26.7. The van der Waals surface area contributed by atoms with Gasteiger partial charge in [-0.25, -0.2) is 4.39 Å². The summed E-state index contributed by atoms with van der Waals surface area (Å²) in [7, 11) is 1.16. The lowest BCUT2D eigenvalue weighted by Crippen LogP contribution is -2.41. The number of aliphatic carboxylic acids is 2. The van der Waals surface area contributed by atoms with Crippen LogP contribution in [0.2, 0.25) is 5.02 Å². The van der Waals surface area contributed by atoms with Gasteiger partial charge >= 0.3 is 24.1 Å². The van der Waals surface area contributed by atoms with Gasteiger partial charge in [0.1, 0.15) is 5.75 Å². The van der Waals surface area contributed by atoms with E-state index in [9.17, 15) is 32.3 Å². The Balaban J connectivity index is 2.09. The second kappa shape index (κ2) is 9.64. The highest BCUT2D eigenvalue weighted by molar-refractivity contribution is 6.30. The number of ether oxygens (including phenoxy) is 2. The Kier molecular flexibility index (Phi) is 7.16. The molecule has 2 aromatic rings. The number of anilines is 1. The maximum absolute atomic E-state index is 16.6. The number of esters is 1. The monoisotopic (exact) mass is 533 g/mol. The Morgan fingerprint density at radius 2 is 1.78 bits per heavy atom. The van der Waals surface area contributed by atoms with Crippen molar-refractivity contribution in [2.45, 2.75) is 18.3 Å². The van der Waals surface area contributed by atoms with E-state index in [0.29, 0.717) is 17.0 Å². The number of hydrogen-bond acceptors (Lipinski definition) is 6. The standard InChI is InChI=1S/C22H16ClF4NO8/c1-35-16-5-3-11(23)7-14(16)21(24)13-4-2-10(22(25,26)27)6-15(13)28(20(21)34)9-36-19(33)12(18(31)32)8-17(29)30/h2-7,12H,8-9H2,1H3,(H,29,30)(H,31,32)/t12-,21-/m0/s1. The number of carboxylic acids is 2. The molecule has 0 fully saturated rings. The van der Waals surface area contributed by atoms with Crippen molar-refractivity contribution < 1.29 is 56.4 Å². The van der Waals surface area contributed by atoms with E-state index in [1.165, 1.54) is 12.1 Å². The fourth-order valence-electron chi connectivity index (χ4n) is 3.65. The van der Waals surface area contributed by atoms with Gasteiger partial charge in [-0.2, -0.15) is 13.2 Å². The van der Waals surface area contributed by atoms with Crippen LogP contribution in [0.3, 0.4) is 0 Å². The molecule has 0 radical (unpaired) electrons. The Bertz CT molecular complexity index is 1250. The SMILES string of the molecule is COc1ccc(Cl)cc1[C@]1(F)C(=O)N(COC(=O)[C@@H](CC(=O)O)C(=O)O)c2cc(C(F)(F)F)ccc21. The van der Waals surface area contributed by atoms with E-state index in [1.807, 2.05) is 0 Å². The third-order valence-electron chi connectivity index (χ3n) is 5.36. The maximum atomic E-state index is 16.6. The topological polar surface area (TPSA) is 130 Å². The molecular weight excluding hydrogens is 518 g/mol. The minimum atomic E-state index is -4.88. The van der Waals surface area contributed by atoms with Gasteiger partial charge in [0.15, 0.2) is 12.6 Å². The quantitative estimate of drug-likeness (QED) is 0.299. The van der Waals surface area contributed by atoms with E-state index in [1.54, 1.807) is 0 Å². The van der Waals surface area contributed by atoms with E-state index in [-0.39, 0.29) is 10.8 Å². The number of carboxylic acid groups (broad SMARTS) is 2. The molecule has 0 aromatic heterocycles. The predicted octanol–water partition coefficient (Wildman–Crippen LogP) is 3.60. The minimum Gasteiger partial charge on any atom is -0.496 e. The van der Waals surface area contributed by atoms with E-state index in [4.69, 9.17) is 31.3 Å². The summed E-state index contributed by atoms with van der Waals surface area (Å²) >= 11 is 5.95. The van der Waals surface area contributed by atoms with Crippen LogP contribution in [0, 0.1) is 5.92 Å². The summed E-state index contributed by atoms with van der Waals surface area (Å²) in [5, 5.41) is 17.9. The molecule has 36 heavy (non-hydrogen) atoms. The second-order valence-electron chi connectivity index (χ2n) is 7.55. The van der Waals surface area contributed by atoms with Crippen molar-refractivity contribution in [2.24, 2.45) is 5.92 Å². The van der Waals surface area contributed by atoms with Crippen LogP contribution in [0.25, 0.3) is 0 Å². The first-order valence-electron chi connectivity index (χ1n) is 9.89. The summed E-state index contributed by atoms with van der Waals surface area (Å²) in [4.78, 5) is 47.9. The van der Waals surface area contributed by atoms with Crippen LogP contribution in [0.5, 0.6) is 5.75 Å². The lowest BCUT2D eigenvalue weighted by Gasteiger charge is -2.23. The number of fused-ring (bicyclic) bond motifs is 1. The highest BCUT2D eigenvalue weighted by atomic mass is 35.5. The van der Waals surface area contributed by atoms with Crippen molar-refractivity contribution in [1.82, 2.24) is 0 Å². The van der Waals surface area contributed by atoms with E-state index < -0.39 is 77.1 Å². The molecule has 3 rings (SSSR count). The van der Waals surface area contributed by atoms with Crippen LogP contribution in [0.1, 0.15) is 23.1 Å². The summed E-state index contributed by atoms with van der Waals surface area (Å²) in [5.74, 6) is -8.90. The molecule has 14 heteroatoms. The molecule has 2 aromatic carbocycles.